The van der Waals surface area contributed by atoms with Gasteiger partial charge in [0.15, 0.2) is 0 Å². The molecule has 0 atom stereocenters. The Morgan fingerprint density at radius 2 is 2.07 bits per heavy atom. The number of methoxy groups -OCH3 is 1. The van der Waals surface area contributed by atoms with Gasteiger partial charge in [-0.2, -0.15) is 0 Å². The molecule has 0 saturated carbocycles. The Labute approximate surface area is 203 Å². The van der Waals surface area contributed by atoms with Crippen molar-refractivity contribution in [2.24, 2.45) is 0 Å². The number of hydrogen-bond donors (Lipinski definition) is 0. The Kier molecular flexibility index (Phi) is 7.59. The second-order valence-electron chi connectivity index (χ2n) is 6.88. The van der Waals surface area contributed by atoms with Crippen LogP contribution < -0.4 is 14.4 Å². The van der Waals surface area contributed by atoms with Crippen molar-refractivity contribution in [3.05, 3.63) is 53.7 Å². The smallest absolute Gasteiger partial charge is 0.513 e. The van der Waals surface area contributed by atoms with E-state index in [1.807, 2.05) is 13.5 Å². The third-order valence-corrected chi connectivity index (χ3v) is 4.91. The zero-order valence-corrected chi connectivity index (χ0v) is 21.5. The quantitative estimate of drug-likeness (QED) is 0.289. The van der Waals surface area contributed by atoms with Crippen molar-refractivity contribution in [1.82, 2.24) is 14.9 Å². The minimum absolute atomic E-state index is 0. The summed E-state index contributed by atoms with van der Waals surface area (Å²) in [7, 11) is 3.59. The van der Waals surface area contributed by atoms with Gasteiger partial charge in [0.25, 0.3) is 0 Å². The summed E-state index contributed by atoms with van der Waals surface area (Å²) >= 11 is 6.05. The molecule has 30 heavy (non-hydrogen) atoms. The van der Waals surface area contributed by atoms with Gasteiger partial charge >= 0.3 is 31.1 Å². The maximum Gasteiger partial charge on any atom is 2.00 e. The molecule has 152 valence electrons. The Hall–Kier alpha value is -1.85. The van der Waals surface area contributed by atoms with Crippen molar-refractivity contribution < 1.29 is 45.4 Å². The Morgan fingerprint density at radius 1 is 1.27 bits per heavy atom. The molecule has 1 saturated heterocycles. The van der Waals surface area contributed by atoms with Gasteiger partial charge in [-0.05, 0) is 31.3 Å². The third-order valence-electron chi connectivity index (χ3n) is 4.68. The van der Waals surface area contributed by atoms with Gasteiger partial charge in [0.05, 0.1) is 24.8 Å². The van der Waals surface area contributed by atoms with E-state index in [0.717, 1.165) is 13.1 Å². The van der Waals surface area contributed by atoms with Crippen LogP contribution in [0.5, 0.6) is 17.4 Å². The second-order valence-corrected chi connectivity index (χ2v) is 7.32. The predicted octanol–water partition coefficient (Wildman–Crippen LogP) is 3.48. The van der Waals surface area contributed by atoms with E-state index in [9.17, 15) is 4.79 Å². The summed E-state index contributed by atoms with van der Waals surface area (Å²) in [5.41, 5.74) is 1.22. The van der Waals surface area contributed by atoms with Gasteiger partial charge in [-0.15, -0.1) is 25.7 Å². The normalized spacial score (nSPS) is 14.0. The van der Waals surface area contributed by atoms with Crippen molar-refractivity contribution in [3.8, 4) is 17.4 Å². The van der Waals surface area contributed by atoms with E-state index in [4.69, 9.17) is 21.1 Å². The number of nitrogens with zero attached hydrogens (tertiary/aromatic N) is 4. The monoisotopic (exact) mass is 648 g/mol. The van der Waals surface area contributed by atoms with Crippen LogP contribution in [0.2, 0.25) is 5.02 Å². The number of benzene rings is 2. The van der Waals surface area contributed by atoms with Crippen LogP contribution in [0.1, 0.15) is 0 Å². The number of likely N-dealkylation sites (tertiary alicyclic amines) is 1. The van der Waals surface area contributed by atoms with Crippen LogP contribution in [0.25, 0.3) is 10.9 Å². The van der Waals surface area contributed by atoms with Crippen LogP contribution in [0.4, 0.5) is 5.69 Å². The average molecular weight is 649 g/mol. The number of ether oxygens (including phenoxy) is 2. The maximum absolute atomic E-state index is 11.7. The number of anilines is 1. The molecule has 3 aromatic rings. The van der Waals surface area contributed by atoms with E-state index < -0.39 is 0 Å². The van der Waals surface area contributed by atoms with E-state index in [1.165, 1.54) is 17.1 Å². The Morgan fingerprint density at radius 3 is 2.73 bits per heavy atom. The first-order valence-electron chi connectivity index (χ1n) is 9.01. The standard InChI is InChI=1S/C21H19ClN4O3.U/c1-25-9-14(10-25)11-26(13-27)19-7-17-18(8-20(19)28-2)23-12-24-21(17)29-16-5-3-4-15(22)6-16;/h3-8,12H,9-11H2,1-2H3;/q-2;+2. The van der Waals surface area contributed by atoms with Crippen molar-refractivity contribution >= 4 is 34.6 Å². The number of aromatic nitrogens is 2. The summed E-state index contributed by atoms with van der Waals surface area (Å²) in [6.45, 7) is 2.20. The van der Waals surface area contributed by atoms with Crippen molar-refractivity contribution in [2.45, 2.75) is 0 Å². The molecule has 0 radical (unpaired) electrons. The molecule has 1 amide bonds. The molecule has 0 unspecified atom stereocenters. The SMILES string of the molecule is COc1cc2ncnc(Oc3cccc(Cl)c3)c2cc1N([C-]=O)C[C-]1CN(C)C1.[U+2]. The fraction of sp³-hybridized carbons (Fsp3) is 0.238. The molecule has 2 heterocycles. The first-order valence-corrected chi connectivity index (χ1v) is 9.39. The average Bonchev–Trinajstić information content (AvgIpc) is 2.70. The zero-order chi connectivity index (χ0) is 20.4. The van der Waals surface area contributed by atoms with Gasteiger partial charge in [0.2, 0.25) is 5.88 Å². The van der Waals surface area contributed by atoms with Crippen molar-refractivity contribution in [2.75, 3.05) is 38.7 Å². The number of rotatable bonds is 7. The molecule has 9 heteroatoms. The molecule has 1 aliphatic rings. The first kappa shape index (κ1) is 22.8. The number of hydrogen-bond acceptors (Lipinski definition) is 6. The minimum Gasteiger partial charge on any atom is -0.513 e. The molecule has 4 rings (SSSR count). The largest absolute Gasteiger partial charge is 2.00 e. The summed E-state index contributed by atoms with van der Waals surface area (Å²) in [6, 6.07) is 10.6. The third kappa shape index (κ3) is 4.89. The molecule has 7 nitrogen and oxygen atoms in total. The minimum atomic E-state index is 0. The van der Waals surface area contributed by atoms with Crippen LogP contribution in [-0.4, -0.2) is 55.1 Å². The number of fused-ring (bicyclic) bond motifs is 1. The van der Waals surface area contributed by atoms with Crippen LogP contribution in [0, 0.1) is 37.0 Å². The zero-order valence-electron chi connectivity index (χ0n) is 16.6. The fourth-order valence-corrected chi connectivity index (χ4v) is 3.53. The molecule has 2 aromatic carbocycles. The van der Waals surface area contributed by atoms with Crippen molar-refractivity contribution in [1.29, 1.82) is 0 Å². The van der Waals surface area contributed by atoms with E-state index in [2.05, 4.69) is 14.9 Å². The molecule has 1 fully saturated rings. The maximum atomic E-state index is 11.7. The number of amides is 1. The summed E-state index contributed by atoms with van der Waals surface area (Å²) in [5, 5.41) is 1.21. The Bertz CT molecular complexity index is 1050. The van der Waals surface area contributed by atoms with E-state index in [-0.39, 0.29) is 31.1 Å². The second kappa shape index (κ2) is 9.97. The van der Waals surface area contributed by atoms with E-state index in [1.54, 1.807) is 43.5 Å². The topological polar surface area (TPSA) is 67.8 Å². The van der Waals surface area contributed by atoms with Crippen LogP contribution in [-0.2, 0) is 4.79 Å². The number of carbonyl (C=O) groups excluding carboxylic acids is 1. The van der Waals surface area contributed by atoms with Crippen LogP contribution in [0.3, 0.4) is 0 Å². The predicted molar refractivity (Wildman–Crippen MR) is 111 cm³/mol. The number of halogens is 1. The molecule has 0 bridgehead atoms. The summed E-state index contributed by atoms with van der Waals surface area (Å²) in [4.78, 5) is 24.0. The molecular weight excluding hydrogens is 630 g/mol. The molecule has 1 aromatic heterocycles. The van der Waals surface area contributed by atoms with Gasteiger partial charge < -0.3 is 24.1 Å². The van der Waals surface area contributed by atoms with Crippen LogP contribution >= 0.6 is 11.6 Å². The fourth-order valence-electron chi connectivity index (χ4n) is 3.35. The molecule has 1 aliphatic heterocycles. The van der Waals surface area contributed by atoms with Gasteiger partial charge in [-0.1, -0.05) is 23.4 Å². The van der Waals surface area contributed by atoms with E-state index in [0.29, 0.717) is 45.5 Å². The van der Waals surface area contributed by atoms with Crippen LogP contribution in [0.15, 0.2) is 42.7 Å². The summed E-state index contributed by atoms with van der Waals surface area (Å²) in [5.74, 6) is 2.70. The van der Waals surface area contributed by atoms with Crippen molar-refractivity contribution in [3.63, 3.8) is 0 Å². The molecule has 0 aliphatic carbocycles. The summed E-state index contributed by atoms with van der Waals surface area (Å²) in [6.07, 6.45) is 3.43. The van der Waals surface area contributed by atoms with Gasteiger partial charge in [-0.3, -0.25) is 5.92 Å². The molecule has 0 N–H and O–H groups in total. The molecular formula is C21H19ClN4O3U. The van der Waals surface area contributed by atoms with Gasteiger partial charge in [0.1, 0.15) is 12.1 Å². The van der Waals surface area contributed by atoms with E-state index >= 15 is 0 Å². The van der Waals surface area contributed by atoms with Gasteiger partial charge in [0, 0.05) is 10.4 Å². The van der Waals surface area contributed by atoms with Gasteiger partial charge in [-0.25, -0.2) is 9.97 Å². The first-order chi connectivity index (χ1) is 14.1. The Balaban J connectivity index is 0.00000256. The molecule has 0 spiro atoms. The summed E-state index contributed by atoms with van der Waals surface area (Å²) < 4.78 is 11.4.